The molecule has 0 aliphatic carbocycles. The summed E-state index contributed by atoms with van der Waals surface area (Å²) in [4.78, 5) is 22.3. The van der Waals surface area contributed by atoms with E-state index in [0.717, 1.165) is 11.8 Å². The standard InChI is InChI=1S/C12H14ClNO2/c1-3-14-12(16)8(2)10-4-9(7-15)5-11(13)6-10/h4-8H,3H2,1-2H3,(H,14,16). The fourth-order valence-corrected chi connectivity index (χ4v) is 1.68. The fourth-order valence-electron chi connectivity index (χ4n) is 1.43. The van der Waals surface area contributed by atoms with Crippen LogP contribution in [0.5, 0.6) is 0 Å². The zero-order chi connectivity index (χ0) is 12.1. The predicted octanol–water partition coefficient (Wildman–Crippen LogP) is 2.39. The maximum Gasteiger partial charge on any atom is 0.227 e. The van der Waals surface area contributed by atoms with Crippen LogP contribution in [0.4, 0.5) is 0 Å². The molecule has 1 N–H and O–H groups in total. The highest BCUT2D eigenvalue weighted by molar-refractivity contribution is 6.31. The lowest BCUT2D eigenvalue weighted by Gasteiger charge is -2.12. The lowest BCUT2D eigenvalue weighted by atomic mass is 9.98. The van der Waals surface area contributed by atoms with Gasteiger partial charge in [-0.25, -0.2) is 0 Å². The summed E-state index contributed by atoms with van der Waals surface area (Å²) in [6.45, 7) is 4.23. The highest BCUT2D eigenvalue weighted by atomic mass is 35.5. The summed E-state index contributed by atoms with van der Waals surface area (Å²) >= 11 is 5.86. The van der Waals surface area contributed by atoms with Crippen LogP contribution in [0.1, 0.15) is 35.7 Å². The van der Waals surface area contributed by atoms with Crippen molar-refractivity contribution in [2.24, 2.45) is 0 Å². The minimum Gasteiger partial charge on any atom is -0.356 e. The number of carbonyl (C=O) groups excluding carboxylic acids is 2. The molecule has 4 heteroatoms. The molecule has 0 radical (unpaired) electrons. The Labute approximate surface area is 99.8 Å². The molecule has 1 atom stereocenters. The van der Waals surface area contributed by atoms with Gasteiger partial charge in [-0.05, 0) is 37.6 Å². The van der Waals surface area contributed by atoms with E-state index in [4.69, 9.17) is 11.6 Å². The van der Waals surface area contributed by atoms with E-state index in [1.54, 1.807) is 25.1 Å². The Morgan fingerprint density at radius 2 is 2.19 bits per heavy atom. The molecule has 0 bridgehead atoms. The van der Waals surface area contributed by atoms with Crippen molar-refractivity contribution in [1.29, 1.82) is 0 Å². The summed E-state index contributed by atoms with van der Waals surface area (Å²) in [6, 6.07) is 4.95. The van der Waals surface area contributed by atoms with Crippen molar-refractivity contribution in [2.45, 2.75) is 19.8 Å². The molecule has 1 unspecified atom stereocenters. The van der Waals surface area contributed by atoms with Gasteiger partial charge in [-0.15, -0.1) is 0 Å². The lowest BCUT2D eigenvalue weighted by Crippen LogP contribution is -2.27. The van der Waals surface area contributed by atoms with Crippen molar-refractivity contribution in [1.82, 2.24) is 5.32 Å². The Kier molecular flexibility index (Phi) is 4.50. The Morgan fingerprint density at radius 1 is 1.50 bits per heavy atom. The van der Waals surface area contributed by atoms with Gasteiger partial charge in [0, 0.05) is 17.1 Å². The van der Waals surface area contributed by atoms with E-state index in [1.165, 1.54) is 0 Å². The minimum atomic E-state index is -0.308. The molecule has 1 aromatic rings. The van der Waals surface area contributed by atoms with E-state index in [9.17, 15) is 9.59 Å². The van der Waals surface area contributed by atoms with Crippen molar-refractivity contribution >= 4 is 23.8 Å². The molecule has 0 aliphatic rings. The van der Waals surface area contributed by atoms with Crippen LogP contribution in [0.3, 0.4) is 0 Å². The van der Waals surface area contributed by atoms with E-state index in [1.807, 2.05) is 6.92 Å². The Balaban J connectivity index is 2.98. The highest BCUT2D eigenvalue weighted by Gasteiger charge is 2.15. The second kappa shape index (κ2) is 5.66. The number of benzene rings is 1. The number of likely N-dealkylation sites (N-methyl/N-ethyl adjacent to an activating group) is 1. The summed E-state index contributed by atoms with van der Waals surface area (Å²) in [6.07, 6.45) is 0.722. The lowest BCUT2D eigenvalue weighted by molar-refractivity contribution is -0.122. The molecule has 0 saturated carbocycles. The van der Waals surface area contributed by atoms with Gasteiger partial charge in [-0.1, -0.05) is 11.6 Å². The number of hydrogen-bond donors (Lipinski definition) is 1. The smallest absolute Gasteiger partial charge is 0.227 e. The second-order valence-electron chi connectivity index (χ2n) is 3.55. The first kappa shape index (κ1) is 12.7. The van der Waals surface area contributed by atoms with Gasteiger partial charge in [-0.3, -0.25) is 9.59 Å². The highest BCUT2D eigenvalue weighted by Crippen LogP contribution is 2.21. The Hall–Kier alpha value is -1.35. The van der Waals surface area contributed by atoms with Crippen LogP contribution in [-0.2, 0) is 4.79 Å². The van der Waals surface area contributed by atoms with Gasteiger partial charge in [0.1, 0.15) is 6.29 Å². The van der Waals surface area contributed by atoms with Gasteiger partial charge in [-0.2, -0.15) is 0 Å². The first-order valence-corrected chi connectivity index (χ1v) is 5.49. The topological polar surface area (TPSA) is 46.2 Å². The second-order valence-corrected chi connectivity index (χ2v) is 3.99. The van der Waals surface area contributed by atoms with Gasteiger partial charge in [0.15, 0.2) is 0 Å². The zero-order valence-corrected chi connectivity index (χ0v) is 10.0. The Bertz CT molecular complexity index is 404. The van der Waals surface area contributed by atoms with Crippen LogP contribution in [0.25, 0.3) is 0 Å². The molecule has 0 saturated heterocycles. The normalized spacial score (nSPS) is 11.9. The number of amides is 1. The van der Waals surface area contributed by atoms with Crippen molar-refractivity contribution < 1.29 is 9.59 Å². The van der Waals surface area contributed by atoms with Crippen LogP contribution in [0.2, 0.25) is 5.02 Å². The molecule has 0 aromatic heterocycles. The third-order valence-corrected chi connectivity index (χ3v) is 2.54. The monoisotopic (exact) mass is 239 g/mol. The molecular formula is C12H14ClNO2. The van der Waals surface area contributed by atoms with Crippen LogP contribution < -0.4 is 5.32 Å². The van der Waals surface area contributed by atoms with Crippen molar-refractivity contribution in [3.8, 4) is 0 Å². The molecule has 1 amide bonds. The summed E-state index contributed by atoms with van der Waals surface area (Å²) in [5, 5.41) is 3.20. The van der Waals surface area contributed by atoms with Gasteiger partial charge in [0.2, 0.25) is 5.91 Å². The fraction of sp³-hybridized carbons (Fsp3) is 0.333. The number of hydrogen-bond acceptors (Lipinski definition) is 2. The molecule has 86 valence electrons. The molecule has 0 spiro atoms. The molecule has 1 rings (SSSR count). The average Bonchev–Trinajstić information content (AvgIpc) is 2.27. The summed E-state index contributed by atoms with van der Waals surface area (Å²) in [5.74, 6) is -0.376. The van der Waals surface area contributed by atoms with Crippen LogP contribution in [0.15, 0.2) is 18.2 Å². The molecule has 16 heavy (non-hydrogen) atoms. The third kappa shape index (κ3) is 3.07. The first-order chi connectivity index (χ1) is 7.58. The Morgan fingerprint density at radius 3 is 2.75 bits per heavy atom. The predicted molar refractivity (Wildman–Crippen MR) is 63.9 cm³/mol. The largest absolute Gasteiger partial charge is 0.356 e. The number of halogens is 1. The van der Waals surface area contributed by atoms with E-state index >= 15 is 0 Å². The van der Waals surface area contributed by atoms with Crippen molar-refractivity contribution in [3.05, 3.63) is 34.3 Å². The molecule has 1 aromatic carbocycles. The molecule has 0 fully saturated rings. The summed E-state index contributed by atoms with van der Waals surface area (Å²) < 4.78 is 0. The number of nitrogens with one attached hydrogen (secondary N) is 1. The minimum absolute atomic E-state index is 0.0679. The molecule has 0 aliphatic heterocycles. The van der Waals surface area contributed by atoms with E-state index in [2.05, 4.69) is 5.32 Å². The van der Waals surface area contributed by atoms with Gasteiger partial charge in [0.25, 0.3) is 0 Å². The zero-order valence-electron chi connectivity index (χ0n) is 9.29. The molecule has 0 heterocycles. The molecule has 3 nitrogen and oxygen atoms in total. The van der Waals surface area contributed by atoms with Crippen LogP contribution in [0, 0.1) is 0 Å². The maximum absolute atomic E-state index is 11.6. The number of aldehydes is 1. The van der Waals surface area contributed by atoms with E-state index in [-0.39, 0.29) is 11.8 Å². The van der Waals surface area contributed by atoms with Gasteiger partial charge >= 0.3 is 0 Å². The molecular weight excluding hydrogens is 226 g/mol. The third-order valence-electron chi connectivity index (χ3n) is 2.32. The van der Waals surface area contributed by atoms with E-state index < -0.39 is 0 Å². The van der Waals surface area contributed by atoms with E-state index in [0.29, 0.717) is 17.1 Å². The van der Waals surface area contributed by atoms with Crippen molar-refractivity contribution in [2.75, 3.05) is 6.54 Å². The summed E-state index contributed by atoms with van der Waals surface area (Å²) in [7, 11) is 0. The number of carbonyl (C=O) groups is 2. The quantitative estimate of drug-likeness (QED) is 0.820. The van der Waals surface area contributed by atoms with Crippen LogP contribution in [-0.4, -0.2) is 18.7 Å². The first-order valence-electron chi connectivity index (χ1n) is 5.11. The summed E-state index contributed by atoms with van der Waals surface area (Å²) in [5.41, 5.74) is 1.24. The number of rotatable bonds is 4. The SMILES string of the molecule is CCNC(=O)C(C)c1cc(Cl)cc(C=O)c1. The van der Waals surface area contributed by atoms with Crippen molar-refractivity contribution in [3.63, 3.8) is 0 Å². The maximum atomic E-state index is 11.6. The van der Waals surface area contributed by atoms with Gasteiger partial charge < -0.3 is 5.32 Å². The average molecular weight is 240 g/mol. The van der Waals surface area contributed by atoms with Crippen LogP contribution >= 0.6 is 11.6 Å². The van der Waals surface area contributed by atoms with Gasteiger partial charge in [0.05, 0.1) is 5.92 Å².